The van der Waals surface area contributed by atoms with E-state index < -0.39 is 0 Å². The van der Waals surface area contributed by atoms with Gasteiger partial charge in [-0.25, -0.2) is 4.98 Å². The molecule has 0 bridgehead atoms. The van der Waals surface area contributed by atoms with Crippen LogP contribution in [0.25, 0.3) is 11.3 Å². The van der Waals surface area contributed by atoms with Crippen LogP contribution in [0.4, 0.5) is 5.69 Å². The molecule has 1 aliphatic rings. The van der Waals surface area contributed by atoms with Crippen molar-refractivity contribution < 1.29 is 4.74 Å². The van der Waals surface area contributed by atoms with Gasteiger partial charge in [0.05, 0.1) is 25.5 Å². The number of nitrogens with one attached hydrogen (secondary N) is 2. The SMILES string of the molecule is CN=C(NCc1ncc(-c2ccccc2)[nH]1)N1CCN(c2ccc(OC)cc2)CC1.I. The standard InChI is InChI=1S/C23H28N6O.HI/c1-24-23(26-17-22-25-16-21(27-22)18-6-4-3-5-7-18)29-14-12-28(13-15-29)19-8-10-20(30-2)11-9-19;/h3-11,16H,12-15,17H2,1-2H3,(H,24,26)(H,25,27);1H. The van der Waals surface area contributed by atoms with Crippen molar-refractivity contribution in [1.82, 2.24) is 20.2 Å². The normalized spacial score (nSPS) is 14.2. The number of nitrogens with zero attached hydrogens (tertiary/aromatic N) is 4. The minimum atomic E-state index is 0. The molecule has 2 N–H and O–H groups in total. The second-order valence-electron chi connectivity index (χ2n) is 7.18. The molecule has 4 rings (SSSR count). The number of imidazole rings is 1. The molecule has 1 saturated heterocycles. The maximum Gasteiger partial charge on any atom is 0.194 e. The number of anilines is 1. The van der Waals surface area contributed by atoms with Crippen LogP contribution in [0.15, 0.2) is 65.8 Å². The lowest BCUT2D eigenvalue weighted by Crippen LogP contribution is -2.52. The van der Waals surface area contributed by atoms with Gasteiger partial charge in [-0.1, -0.05) is 30.3 Å². The first kappa shape index (κ1) is 22.9. The van der Waals surface area contributed by atoms with Crippen molar-refractivity contribution in [3.8, 4) is 17.0 Å². The number of aromatic amines is 1. The van der Waals surface area contributed by atoms with E-state index in [4.69, 9.17) is 4.74 Å². The van der Waals surface area contributed by atoms with Gasteiger partial charge in [-0.05, 0) is 29.8 Å². The summed E-state index contributed by atoms with van der Waals surface area (Å²) in [5.74, 6) is 2.68. The molecule has 0 unspecified atom stereocenters. The van der Waals surface area contributed by atoms with E-state index in [2.05, 4.69) is 54.3 Å². The van der Waals surface area contributed by atoms with E-state index in [1.54, 1.807) is 7.11 Å². The molecule has 0 saturated carbocycles. The van der Waals surface area contributed by atoms with Crippen LogP contribution in [0.2, 0.25) is 0 Å². The van der Waals surface area contributed by atoms with Gasteiger partial charge in [0.15, 0.2) is 5.96 Å². The summed E-state index contributed by atoms with van der Waals surface area (Å²) in [7, 11) is 3.52. The van der Waals surface area contributed by atoms with E-state index >= 15 is 0 Å². The number of aromatic nitrogens is 2. The molecule has 7 nitrogen and oxygen atoms in total. The maximum absolute atomic E-state index is 5.25. The summed E-state index contributed by atoms with van der Waals surface area (Å²) in [6.07, 6.45) is 1.88. The zero-order valence-electron chi connectivity index (χ0n) is 17.9. The number of guanidine groups is 1. The third kappa shape index (κ3) is 5.69. The number of methoxy groups -OCH3 is 1. The van der Waals surface area contributed by atoms with Crippen molar-refractivity contribution in [2.45, 2.75) is 6.54 Å². The Balaban J connectivity index is 0.00000272. The molecule has 0 atom stereocenters. The van der Waals surface area contributed by atoms with E-state index in [0.29, 0.717) is 6.54 Å². The average Bonchev–Trinajstić information content (AvgIpc) is 3.30. The predicted octanol–water partition coefficient (Wildman–Crippen LogP) is 3.60. The van der Waals surface area contributed by atoms with Gasteiger partial charge >= 0.3 is 0 Å². The Hall–Kier alpha value is -2.75. The first-order chi connectivity index (χ1) is 14.8. The number of rotatable bonds is 5. The molecule has 2 aromatic carbocycles. The Morgan fingerprint density at radius 1 is 1.06 bits per heavy atom. The molecule has 1 fully saturated rings. The summed E-state index contributed by atoms with van der Waals surface area (Å²) in [6, 6.07) is 18.5. The number of hydrogen-bond acceptors (Lipinski definition) is 4. The number of aliphatic imine (C=N–C) groups is 1. The van der Waals surface area contributed by atoms with Crippen molar-refractivity contribution in [1.29, 1.82) is 0 Å². The van der Waals surface area contributed by atoms with Crippen molar-refractivity contribution >= 4 is 35.6 Å². The summed E-state index contributed by atoms with van der Waals surface area (Å²) >= 11 is 0. The second kappa shape index (κ2) is 11.0. The van der Waals surface area contributed by atoms with Crippen LogP contribution in [-0.2, 0) is 6.54 Å². The van der Waals surface area contributed by atoms with Crippen LogP contribution in [-0.4, -0.2) is 61.2 Å². The highest BCUT2D eigenvalue weighted by Gasteiger charge is 2.20. The third-order valence-corrected chi connectivity index (χ3v) is 5.36. The zero-order chi connectivity index (χ0) is 20.8. The zero-order valence-corrected chi connectivity index (χ0v) is 20.2. The number of piperazine rings is 1. The molecule has 3 aromatic rings. The van der Waals surface area contributed by atoms with Gasteiger partial charge in [-0.15, -0.1) is 24.0 Å². The van der Waals surface area contributed by atoms with E-state index in [1.165, 1.54) is 5.69 Å². The summed E-state index contributed by atoms with van der Waals surface area (Å²) < 4.78 is 5.25. The Morgan fingerprint density at radius 3 is 2.42 bits per heavy atom. The molecular weight excluding hydrogens is 503 g/mol. The van der Waals surface area contributed by atoms with Crippen LogP contribution in [0.1, 0.15) is 5.82 Å². The summed E-state index contributed by atoms with van der Waals surface area (Å²) in [6.45, 7) is 4.34. The van der Waals surface area contributed by atoms with Gasteiger partial charge < -0.3 is 24.8 Å². The number of H-pyrrole nitrogens is 1. The molecule has 31 heavy (non-hydrogen) atoms. The molecular formula is C23H29IN6O. The van der Waals surface area contributed by atoms with Crippen molar-refractivity contribution in [3.63, 3.8) is 0 Å². The molecule has 1 aliphatic heterocycles. The molecule has 0 amide bonds. The fraction of sp³-hybridized carbons (Fsp3) is 0.304. The predicted molar refractivity (Wildman–Crippen MR) is 136 cm³/mol. The van der Waals surface area contributed by atoms with Gasteiger partial charge in [0.1, 0.15) is 11.6 Å². The molecule has 0 radical (unpaired) electrons. The fourth-order valence-electron chi connectivity index (χ4n) is 3.68. The highest BCUT2D eigenvalue weighted by molar-refractivity contribution is 14.0. The van der Waals surface area contributed by atoms with Crippen LogP contribution >= 0.6 is 24.0 Å². The van der Waals surface area contributed by atoms with Crippen LogP contribution < -0.4 is 15.0 Å². The van der Waals surface area contributed by atoms with Gasteiger partial charge in [0, 0.05) is 38.9 Å². The molecule has 0 spiro atoms. The van der Waals surface area contributed by atoms with Gasteiger partial charge in [-0.3, -0.25) is 4.99 Å². The Bertz CT molecular complexity index is 965. The van der Waals surface area contributed by atoms with E-state index in [1.807, 2.05) is 43.6 Å². The topological polar surface area (TPSA) is 68.8 Å². The second-order valence-corrected chi connectivity index (χ2v) is 7.18. The average molecular weight is 532 g/mol. The highest BCUT2D eigenvalue weighted by Crippen LogP contribution is 2.20. The van der Waals surface area contributed by atoms with Crippen LogP contribution in [0.3, 0.4) is 0 Å². The Labute approximate surface area is 200 Å². The van der Waals surface area contributed by atoms with Crippen molar-refractivity contribution in [3.05, 3.63) is 66.6 Å². The van der Waals surface area contributed by atoms with E-state index in [9.17, 15) is 0 Å². The minimum absolute atomic E-state index is 0. The minimum Gasteiger partial charge on any atom is -0.497 e. The lowest BCUT2D eigenvalue weighted by molar-refractivity contribution is 0.372. The number of benzene rings is 2. The van der Waals surface area contributed by atoms with Crippen molar-refractivity contribution in [2.24, 2.45) is 4.99 Å². The smallest absolute Gasteiger partial charge is 0.194 e. The number of halogens is 1. The van der Waals surface area contributed by atoms with Gasteiger partial charge in [-0.2, -0.15) is 0 Å². The third-order valence-electron chi connectivity index (χ3n) is 5.36. The molecule has 1 aromatic heterocycles. The summed E-state index contributed by atoms with van der Waals surface area (Å²) in [5, 5.41) is 3.44. The fourth-order valence-corrected chi connectivity index (χ4v) is 3.68. The Kier molecular flexibility index (Phi) is 8.16. The lowest BCUT2D eigenvalue weighted by Gasteiger charge is -2.37. The lowest BCUT2D eigenvalue weighted by atomic mass is 10.2. The van der Waals surface area contributed by atoms with Gasteiger partial charge in [0.25, 0.3) is 0 Å². The van der Waals surface area contributed by atoms with E-state index in [-0.39, 0.29) is 24.0 Å². The summed E-state index contributed by atoms with van der Waals surface area (Å²) in [5.41, 5.74) is 3.38. The molecule has 2 heterocycles. The first-order valence-corrected chi connectivity index (χ1v) is 10.2. The molecule has 0 aliphatic carbocycles. The highest BCUT2D eigenvalue weighted by atomic mass is 127. The number of ether oxygens (including phenoxy) is 1. The van der Waals surface area contributed by atoms with Gasteiger partial charge in [0.2, 0.25) is 0 Å². The molecule has 164 valence electrons. The number of hydrogen-bond donors (Lipinski definition) is 2. The Morgan fingerprint density at radius 2 is 1.77 bits per heavy atom. The quantitative estimate of drug-likeness (QED) is 0.299. The molecule has 8 heteroatoms. The van der Waals surface area contributed by atoms with Crippen LogP contribution in [0.5, 0.6) is 5.75 Å². The first-order valence-electron chi connectivity index (χ1n) is 10.2. The summed E-state index contributed by atoms with van der Waals surface area (Å²) in [4.78, 5) is 17.0. The monoisotopic (exact) mass is 532 g/mol. The van der Waals surface area contributed by atoms with E-state index in [0.717, 1.165) is 55.0 Å². The van der Waals surface area contributed by atoms with Crippen LogP contribution in [0, 0.1) is 0 Å². The largest absolute Gasteiger partial charge is 0.497 e. The van der Waals surface area contributed by atoms with Crippen molar-refractivity contribution in [2.75, 3.05) is 45.2 Å². The maximum atomic E-state index is 5.25.